The summed E-state index contributed by atoms with van der Waals surface area (Å²) in [6.45, 7) is 2.98. The van der Waals surface area contributed by atoms with Gasteiger partial charge in [0.05, 0.1) is 29.5 Å². The van der Waals surface area contributed by atoms with Gasteiger partial charge < -0.3 is 15.0 Å². The van der Waals surface area contributed by atoms with Gasteiger partial charge in [-0.25, -0.2) is 8.42 Å². The molecule has 2 amide bonds. The summed E-state index contributed by atoms with van der Waals surface area (Å²) in [5.74, 6) is -0.397. The highest BCUT2D eigenvalue weighted by atomic mass is 35.5. The lowest BCUT2D eigenvalue weighted by atomic mass is 10.2. The predicted molar refractivity (Wildman–Crippen MR) is 112 cm³/mol. The first kappa shape index (κ1) is 22.7. The highest BCUT2D eigenvalue weighted by Gasteiger charge is 2.21. The van der Waals surface area contributed by atoms with E-state index in [1.54, 1.807) is 32.0 Å². The number of carbonyl (C=O) groups excluding carboxylic acids is 2. The van der Waals surface area contributed by atoms with Gasteiger partial charge >= 0.3 is 0 Å². The minimum Gasteiger partial charge on any atom is -0.495 e. The fourth-order valence-corrected chi connectivity index (χ4v) is 3.77. The highest BCUT2D eigenvalue weighted by molar-refractivity contribution is 7.92. The molecule has 0 spiro atoms. The Labute approximate surface area is 175 Å². The third-order valence-electron chi connectivity index (χ3n) is 4.21. The van der Waals surface area contributed by atoms with Crippen LogP contribution in [0, 0.1) is 0 Å². The first-order valence-corrected chi connectivity index (χ1v) is 10.7. The maximum absolute atomic E-state index is 12.6. The number of carbonyl (C=O) groups is 2. The zero-order valence-corrected chi connectivity index (χ0v) is 18.2. The van der Waals surface area contributed by atoms with E-state index < -0.39 is 26.9 Å². The van der Waals surface area contributed by atoms with Gasteiger partial charge in [0.2, 0.25) is 5.91 Å². The second-order valence-corrected chi connectivity index (χ2v) is 9.61. The Kier molecular flexibility index (Phi) is 7.26. The number of likely N-dealkylation sites (N-methyl/N-ethyl adjacent to an activating group) is 1. The van der Waals surface area contributed by atoms with Gasteiger partial charge in [0.25, 0.3) is 5.91 Å². The summed E-state index contributed by atoms with van der Waals surface area (Å²) in [6.07, 6.45) is 0. The number of ether oxygens (including phenoxy) is 1. The zero-order chi connectivity index (χ0) is 21.8. The van der Waals surface area contributed by atoms with Crippen molar-refractivity contribution < 1.29 is 22.7 Å². The predicted octanol–water partition coefficient (Wildman–Crippen LogP) is 3.24. The standard InChI is InChI=1S/C20H23ClN2O5S/c1-13(2)29(26,27)16-8-5-14(6-9-16)20(25)23(3)12-19(24)22-17-11-15(21)7-10-18(17)28-4/h5-11,13H,12H2,1-4H3,(H,22,24). The first-order chi connectivity index (χ1) is 13.6. The van der Waals surface area contributed by atoms with E-state index in [2.05, 4.69) is 5.32 Å². The minimum atomic E-state index is -3.42. The van der Waals surface area contributed by atoms with Crippen molar-refractivity contribution in [2.45, 2.75) is 24.0 Å². The van der Waals surface area contributed by atoms with Gasteiger partial charge in [-0.05, 0) is 56.3 Å². The Bertz CT molecular complexity index is 1000. The third kappa shape index (κ3) is 5.48. The van der Waals surface area contributed by atoms with Crippen LogP contribution >= 0.6 is 11.6 Å². The molecule has 1 N–H and O–H groups in total. The topological polar surface area (TPSA) is 92.8 Å². The smallest absolute Gasteiger partial charge is 0.254 e. The van der Waals surface area contributed by atoms with Crippen LogP contribution in [0.25, 0.3) is 0 Å². The third-order valence-corrected chi connectivity index (χ3v) is 6.62. The molecule has 0 radical (unpaired) electrons. The number of hydrogen-bond donors (Lipinski definition) is 1. The van der Waals surface area contributed by atoms with E-state index in [9.17, 15) is 18.0 Å². The summed E-state index contributed by atoms with van der Waals surface area (Å²) >= 11 is 5.94. The maximum atomic E-state index is 12.6. The van der Waals surface area contributed by atoms with Crippen LogP contribution in [0.4, 0.5) is 5.69 Å². The van der Waals surface area contributed by atoms with E-state index in [1.807, 2.05) is 0 Å². The van der Waals surface area contributed by atoms with Crippen LogP contribution in [-0.2, 0) is 14.6 Å². The average molecular weight is 439 g/mol. The summed E-state index contributed by atoms with van der Waals surface area (Å²) in [5, 5.41) is 2.54. The molecule has 0 aliphatic rings. The molecule has 0 atom stereocenters. The van der Waals surface area contributed by atoms with Crippen molar-refractivity contribution in [1.29, 1.82) is 0 Å². The molecular formula is C20H23ClN2O5S. The Balaban J connectivity index is 2.07. The maximum Gasteiger partial charge on any atom is 0.254 e. The quantitative estimate of drug-likeness (QED) is 0.716. The molecule has 0 unspecified atom stereocenters. The van der Waals surface area contributed by atoms with E-state index >= 15 is 0 Å². The van der Waals surface area contributed by atoms with Crippen LogP contribution in [0.15, 0.2) is 47.4 Å². The lowest BCUT2D eigenvalue weighted by molar-refractivity contribution is -0.116. The van der Waals surface area contributed by atoms with Gasteiger partial charge in [-0.1, -0.05) is 11.6 Å². The van der Waals surface area contributed by atoms with Gasteiger partial charge in [0.1, 0.15) is 5.75 Å². The van der Waals surface area contributed by atoms with Crippen molar-refractivity contribution in [2.75, 3.05) is 26.0 Å². The molecule has 7 nitrogen and oxygen atoms in total. The van der Waals surface area contributed by atoms with Crippen molar-refractivity contribution in [2.24, 2.45) is 0 Å². The fourth-order valence-electron chi connectivity index (χ4n) is 2.53. The van der Waals surface area contributed by atoms with Crippen LogP contribution in [0.5, 0.6) is 5.75 Å². The van der Waals surface area contributed by atoms with Crippen LogP contribution < -0.4 is 10.1 Å². The number of methoxy groups -OCH3 is 1. The Morgan fingerprint density at radius 1 is 1.14 bits per heavy atom. The lowest BCUT2D eigenvalue weighted by Crippen LogP contribution is -2.35. The SMILES string of the molecule is COc1ccc(Cl)cc1NC(=O)CN(C)C(=O)c1ccc(S(=O)(=O)C(C)C)cc1. The van der Waals surface area contributed by atoms with E-state index in [1.165, 1.54) is 43.3 Å². The van der Waals surface area contributed by atoms with Gasteiger partial charge in [0.15, 0.2) is 9.84 Å². The van der Waals surface area contributed by atoms with Gasteiger partial charge in [-0.2, -0.15) is 0 Å². The molecule has 0 heterocycles. The average Bonchev–Trinajstić information content (AvgIpc) is 2.67. The number of nitrogens with zero attached hydrogens (tertiary/aromatic N) is 1. The molecule has 0 aliphatic heterocycles. The van der Waals surface area contributed by atoms with E-state index in [0.717, 1.165) is 0 Å². The molecule has 2 aromatic rings. The van der Waals surface area contributed by atoms with Crippen molar-refractivity contribution in [1.82, 2.24) is 4.90 Å². The number of nitrogens with one attached hydrogen (secondary N) is 1. The second kappa shape index (κ2) is 9.28. The van der Waals surface area contributed by atoms with Crippen LogP contribution in [0.3, 0.4) is 0 Å². The largest absolute Gasteiger partial charge is 0.495 e. The van der Waals surface area contributed by atoms with Crippen molar-refractivity contribution in [3.63, 3.8) is 0 Å². The van der Waals surface area contributed by atoms with Crippen LogP contribution in [-0.4, -0.2) is 51.1 Å². The summed E-state index contributed by atoms with van der Waals surface area (Å²) in [7, 11) is -0.463. The van der Waals surface area contributed by atoms with Gasteiger partial charge in [-0.15, -0.1) is 0 Å². The monoisotopic (exact) mass is 438 g/mol. The number of amides is 2. The zero-order valence-electron chi connectivity index (χ0n) is 16.6. The van der Waals surface area contributed by atoms with Crippen LogP contribution in [0.2, 0.25) is 5.02 Å². The molecule has 0 fully saturated rings. The number of hydrogen-bond acceptors (Lipinski definition) is 5. The first-order valence-electron chi connectivity index (χ1n) is 8.79. The molecule has 0 bridgehead atoms. The summed E-state index contributed by atoms with van der Waals surface area (Å²) < 4.78 is 29.5. The Hall–Kier alpha value is -2.58. The molecule has 0 aromatic heterocycles. The van der Waals surface area contributed by atoms with Gasteiger partial charge in [0, 0.05) is 17.6 Å². The fraction of sp³-hybridized carbons (Fsp3) is 0.300. The van der Waals surface area contributed by atoms with Crippen molar-refractivity contribution >= 4 is 38.9 Å². The summed E-state index contributed by atoms with van der Waals surface area (Å²) in [5.41, 5.74) is 0.678. The van der Waals surface area contributed by atoms with E-state index in [0.29, 0.717) is 16.5 Å². The summed E-state index contributed by atoms with van der Waals surface area (Å²) in [6, 6.07) is 10.5. The number of rotatable bonds is 7. The van der Waals surface area contributed by atoms with Crippen LogP contribution in [0.1, 0.15) is 24.2 Å². The molecule has 2 aromatic carbocycles. The molecule has 0 saturated carbocycles. The molecule has 0 aliphatic carbocycles. The van der Waals surface area contributed by atoms with E-state index in [-0.39, 0.29) is 17.0 Å². The van der Waals surface area contributed by atoms with Crippen molar-refractivity contribution in [3.8, 4) is 5.75 Å². The number of benzene rings is 2. The van der Waals surface area contributed by atoms with Crippen molar-refractivity contribution in [3.05, 3.63) is 53.1 Å². The molecule has 2 rings (SSSR count). The number of anilines is 1. The second-order valence-electron chi connectivity index (χ2n) is 6.67. The summed E-state index contributed by atoms with van der Waals surface area (Å²) in [4.78, 5) is 26.3. The number of halogens is 1. The van der Waals surface area contributed by atoms with Gasteiger partial charge in [-0.3, -0.25) is 9.59 Å². The minimum absolute atomic E-state index is 0.150. The molecule has 9 heteroatoms. The lowest BCUT2D eigenvalue weighted by Gasteiger charge is -2.18. The normalized spacial score (nSPS) is 11.2. The molecule has 156 valence electrons. The highest BCUT2D eigenvalue weighted by Crippen LogP contribution is 2.27. The number of sulfone groups is 1. The Morgan fingerprint density at radius 2 is 1.76 bits per heavy atom. The molecular weight excluding hydrogens is 416 g/mol. The molecule has 29 heavy (non-hydrogen) atoms. The van der Waals surface area contributed by atoms with E-state index in [4.69, 9.17) is 16.3 Å². The Morgan fingerprint density at radius 3 is 2.31 bits per heavy atom. The molecule has 0 saturated heterocycles.